The predicted molar refractivity (Wildman–Crippen MR) is 73.4 cm³/mol. The molecule has 0 saturated carbocycles. The highest BCUT2D eigenvalue weighted by molar-refractivity contribution is 6.05. The third-order valence-electron chi connectivity index (χ3n) is 3.87. The van der Waals surface area contributed by atoms with Crippen molar-refractivity contribution in [3.63, 3.8) is 0 Å². The van der Waals surface area contributed by atoms with E-state index in [0.717, 1.165) is 12.2 Å². The molecule has 2 heterocycles. The number of likely N-dealkylation sites (tertiary alicyclic amines) is 1. The summed E-state index contributed by atoms with van der Waals surface area (Å²) in [5.74, 6) is 0.710. The second-order valence-electron chi connectivity index (χ2n) is 5.19. The molecule has 2 atom stereocenters. The fourth-order valence-electron chi connectivity index (χ4n) is 2.82. The summed E-state index contributed by atoms with van der Waals surface area (Å²) in [4.78, 5) is 24.9. The normalized spacial score (nSPS) is 24.9. The van der Waals surface area contributed by atoms with Gasteiger partial charge in [-0.2, -0.15) is 0 Å². The summed E-state index contributed by atoms with van der Waals surface area (Å²) in [5, 5.41) is 3.17. The van der Waals surface area contributed by atoms with Crippen LogP contribution in [0.5, 0.6) is 5.75 Å². The van der Waals surface area contributed by atoms with E-state index in [-0.39, 0.29) is 24.3 Å². The van der Waals surface area contributed by atoms with Crippen LogP contribution in [0, 0.1) is 0 Å². The Morgan fingerprint density at radius 1 is 1.30 bits per heavy atom. The van der Waals surface area contributed by atoms with Crippen molar-refractivity contribution in [1.82, 2.24) is 10.2 Å². The number of carbonyl (C=O) groups excluding carboxylic acids is 2. The first-order chi connectivity index (χ1) is 9.69. The van der Waals surface area contributed by atoms with E-state index in [0.29, 0.717) is 13.1 Å². The molecule has 5 heteroatoms. The van der Waals surface area contributed by atoms with Gasteiger partial charge in [-0.3, -0.25) is 14.5 Å². The molecule has 1 aromatic rings. The second-order valence-corrected chi connectivity index (χ2v) is 5.19. The van der Waals surface area contributed by atoms with Gasteiger partial charge in [-0.05, 0) is 18.6 Å². The molecule has 0 aliphatic carbocycles. The van der Waals surface area contributed by atoms with Gasteiger partial charge in [0.05, 0.1) is 12.5 Å². The molecule has 2 unspecified atom stereocenters. The number of para-hydroxylation sites is 1. The van der Waals surface area contributed by atoms with E-state index >= 15 is 0 Å². The largest absolute Gasteiger partial charge is 0.488 e. The summed E-state index contributed by atoms with van der Waals surface area (Å²) in [6, 6.07) is 7.56. The van der Waals surface area contributed by atoms with E-state index in [9.17, 15) is 9.59 Å². The molecule has 2 aliphatic rings. The summed E-state index contributed by atoms with van der Waals surface area (Å²) >= 11 is 0. The number of imide groups is 1. The summed E-state index contributed by atoms with van der Waals surface area (Å²) in [6.07, 6.45) is 1.13. The minimum Gasteiger partial charge on any atom is -0.488 e. The third kappa shape index (κ3) is 2.29. The fourth-order valence-corrected chi connectivity index (χ4v) is 2.82. The zero-order valence-electron chi connectivity index (χ0n) is 11.5. The van der Waals surface area contributed by atoms with Crippen molar-refractivity contribution in [2.24, 2.45) is 0 Å². The number of hydrogen-bond acceptors (Lipinski definition) is 4. The molecule has 0 radical (unpaired) electrons. The van der Waals surface area contributed by atoms with Gasteiger partial charge in [-0.15, -0.1) is 0 Å². The first kappa shape index (κ1) is 13.1. The van der Waals surface area contributed by atoms with E-state index in [2.05, 4.69) is 11.4 Å². The number of likely N-dealkylation sites (N-methyl/N-ethyl adjacent to an activating group) is 1. The minimum absolute atomic E-state index is 0.0333. The van der Waals surface area contributed by atoms with Crippen LogP contribution in [0.3, 0.4) is 0 Å². The monoisotopic (exact) mass is 274 g/mol. The second kappa shape index (κ2) is 5.25. The Kier molecular flexibility index (Phi) is 3.44. The number of carbonyl (C=O) groups is 2. The molecule has 5 nitrogen and oxygen atoms in total. The van der Waals surface area contributed by atoms with Gasteiger partial charge < -0.3 is 10.1 Å². The molecule has 1 fully saturated rings. The van der Waals surface area contributed by atoms with E-state index in [1.165, 1.54) is 10.5 Å². The molecule has 1 saturated heterocycles. The number of ether oxygens (including phenoxy) is 1. The van der Waals surface area contributed by atoms with Crippen molar-refractivity contribution in [2.75, 3.05) is 13.1 Å². The van der Waals surface area contributed by atoms with Crippen LogP contribution in [0.4, 0.5) is 0 Å². The number of amides is 2. The molecular formula is C15H18N2O3. The summed E-state index contributed by atoms with van der Waals surface area (Å²) in [5.41, 5.74) is 1.20. The van der Waals surface area contributed by atoms with Crippen LogP contribution in [0.1, 0.15) is 18.9 Å². The maximum atomic E-state index is 12.0. The molecule has 3 rings (SSSR count). The van der Waals surface area contributed by atoms with E-state index < -0.39 is 6.04 Å². The first-order valence-corrected chi connectivity index (χ1v) is 7.01. The Bertz CT molecular complexity index is 519. The maximum absolute atomic E-state index is 12.0. The van der Waals surface area contributed by atoms with Gasteiger partial charge in [0.25, 0.3) is 0 Å². The molecule has 0 spiro atoms. The number of rotatable bonds is 4. The van der Waals surface area contributed by atoms with Crippen LogP contribution in [0.2, 0.25) is 0 Å². The zero-order chi connectivity index (χ0) is 14.1. The molecule has 106 valence electrons. The first-order valence-electron chi connectivity index (χ1n) is 7.01. The van der Waals surface area contributed by atoms with Crippen LogP contribution in [0.25, 0.3) is 0 Å². The molecule has 20 heavy (non-hydrogen) atoms. The van der Waals surface area contributed by atoms with Crippen LogP contribution < -0.4 is 10.1 Å². The lowest BCUT2D eigenvalue weighted by atomic mass is 10.1. The highest BCUT2D eigenvalue weighted by atomic mass is 16.5. The van der Waals surface area contributed by atoms with Gasteiger partial charge in [0.15, 0.2) is 0 Å². The van der Waals surface area contributed by atoms with Crippen molar-refractivity contribution in [2.45, 2.75) is 31.9 Å². The molecule has 2 aliphatic heterocycles. The average Bonchev–Trinajstić information content (AvgIpc) is 2.97. The number of benzene rings is 1. The Balaban J connectivity index is 1.55. The van der Waals surface area contributed by atoms with Gasteiger partial charge in [-0.1, -0.05) is 18.2 Å². The lowest BCUT2D eigenvalue weighted by molar-refractivity contribution is -0.138. The van der Waals surface area contributed by atoms with Crippen molar-refractivity contribution >= 4 is 11.8 Å². The molecule has 0 aromatic heterocycles. The number of fused-ring (bicyclic) bond motifs is 1. The van der Waals surface area contributed by atoms with Crippen molar-refractivity contribution in [3.8, 4) is 5.75 Å². The van der Waals surface area contributed by atoms with Gasteiger partial charge >= 0.3 is 0 Å². The van der Waals surface area contributed by atoms with Crippen molar-refractivity contribution in [3.05, 3.63) is 29.8 Å². The van der Waals surface area contributed by atoms with Gasteiger partial charge in [0, 0.05) is 19.5 Å². The Morgan fingerprint density at radius 3 is 2.80 bits per heavy atom. The lowest BCUT2D eigenvalue weighted by Gasteiger charge is -2.16. The highest BCUT2D eigenvalue weighted by Crippen LogP contribution is 2.27. The minimum atomic E-state index is -0.394. The standard InChI is InChI=1S/C15H18N2O3/c1-2-17-14(18)8-12(15(17)19)16-9-11-7-10-5-3-4-6-13(10)20-11/h3-6,11-12,16H,2,7-9H2,1H3. The third-order valence-corrected chi connectivity index (χ3v) is 3.87. The highest BCUT2D eigenvalue weighted by Gasteiger charge is 2.37. The Morgan fingerprint density at radius 2 is 2.10 bits per heavy atom. The summed E-state index contributed by atoms with van der Waals surface area (Å²) < 4.78 is 5.81. The van der Waals surface area contributed by atoms with Crippen molar-refractivity contribution in [1.29, 1.82) is 0 Å². The lowest BCUT2D eigenvalue weighted by Crippen LogP contribution is -2.42. The van der Waals surface area contributed by atoms with Crippen LogP contribution in [-0.4, -0.2) is 41.9 Å². The van der Waals surface area contributed by atoms with Crippen LogP contribution in [0.15, 0.2) is 24.3 Å². The topological polar surface area (TPSA) is 58.6 Å². The van der Waals surface area contributed by atoms with Crippen LogP contribution in [-0.2, 0) is 16.0 Å². The molecular weight excluding hydrogens is 256 g/mol. The predicted octanol–water partition coefficient (Wildman–Crippen LogP) is 0.727. The quantitative estimate of drug-likeness (QED) is 0.822. The SMILES string of the molecule is CCN1C(=O)CC(NCC2Cc3ccccc3O2)C1=O. The molecule has 2 amide bonds. The smallest absolute Gasteiger partial charge is 0.246 e. The Labute approximate surface area is 117 Å². The molecule has 1 N–H and O–H groups in total. The maximum Gasteiger partial charge on any atom is 0.246 e. The number of nitrogens with one attached hydrogen (secondary N) is 1. The zero-order valence-corrected chi connectivity index (χ0v) is 11.5. The van der Waals surface area contributed by atoms with E-state index in [4.69, 9.17) is 4.74 Å². The summed E-state index contributed by atoms with van der Waals surface area (Å²) in [6.45, 7) is 2.84. The van der Waals surface area contributed by atoms with Crippen molar-refractivity contribution < 1.29 is 14.3 Å². The number of nitrogens with zero attached hydrogens (tertiary/aromatic N) is 1. The summed E-state index contributed by atoms with van der Waals surface area (Å²) in [7, 11) is 0. The fraction of sp³-hybridized carbons (Fsp3) is 0.467. The van der Waals surface area contributed by atoms with Crippen LogP contribution >= 0.6 is 0 Å². The average molecular weight is 274 g/mol. The van der Waals surface area contributed by atoms with Gasteiger partial charge in [0.2, 0.25) is 11.8 Å². The van der Waals surface area contributed by atoms with E-state index in [1.54, 1.807) is 0 Å². The van der Waals surface area contributed by atoms with E-state index in [1.807, 2.05) is 25.1 Å². The Hall–Kier alpha value is -1.88. The van der Waals surface area contributed by atoms with Gasteiger partial charge in [0.1, 0.15) is 11.9 Å². The number of hydrogen-bond donors (Lipinski definition) is 1. The molecule has 0 bridgehead atoms. The van der Waals surface area contributed by atoms with Gasteiger partial charge in [-0.25, -0.2) is 0 Å². The molecule has 1 aromatic carbocycles.